The van der Waals surface area contributed by atoms with Crippen molar-refractivity contribution < 1.29 is 23.8 Å². The second kappa shape index (κ2) is 6.78. The van der Waals surface area contributed by atoms with Crippen molar-refractivity contribution in [2.75, 3.05) is 13.6 Å². The normalized spacial score (nSPS) is 18.1. The Morgan fingerprint density at radius 1 is 1.27 bits per heavy atom. The van der Waals surface area contributed by atoms with E-state index >= 15 is 0 Å². The second-order valence-electron chi connectivity index (χ2n) is 6.87. The molecule has 0 radical (unpaired) electrons. The zero-order valence-electron chi connectivity index (χ0n) is 14.7. The first kappa shape index (κ1) is 17.9. The molecule has 1 amide bonds. The SMILES string of the molecule is CN(CC(=O)O)C(=O)c1ccc2c(c1)CC(C)(Cc1ccccc1F)O2. The Hall–Kier alpha value is -2.89. The van der Waals surface area contributed by atoms with Gasteiger partial charge in [0, 0.05) is 25.5 Å². The van der Waals surface area contributed by atoms with Crippen LogP contribution in [0, 0.1) is 5.82 Å². The van der Waals surface area contributed by atoms with E-state index < -0.39 is 11.6 Å². The average molecular weight is 357 g/mol. The first-order valence-corrected chi connectivity index (χ1v) is 8.30. The molecule has 2 aromatic rings. The summed E-state index contributed by atoms with van der Waals surface area (Å²) in [4.78, 5) is 24.3. The van der Waals surface area contributed by atoms with Crippen molar-refractivity contribution in [3.8, 4) is 5.75 Å². The number of amides is 1. The quantitative estimate of drug-likeness (QED) is 0.893. The van der Waals surface area contributed by atoms with Gasteiger partial charge in [0.2, 0.25) is 0 Å². The number of nitrogens with zero attached hydrogens (tertiary/aromatic N) is 1. The van der Waals surface area contributed by atoms with Crippen molar-refractivity contribution in [2.24, 2.45) is 0 Å². The zero-order chi connectivity index (χ0) is 18.9. The van der Waals surface area contributed by atoms with E-state index in [4.69, 9.17) is 9.84 Å². The van der Waals surface area contributed by atoms with Crippen molar-refractivity contribution in [1.82, 2.24) is 4.90 Å². The lowest BCUT2D eigenvalue weighted by Crippen LogP contribution is -2.33. The Morgan fingerprint density at radius 2 is 2.00 bits per heavy atom. The molecule has 1 atom stereocenters. The number of ether oxygens (including phenoxy) is 1. The third-order valence-electron chi connectivity index (χ3n) is 4.47. The van der Waals surface area contributed by atoms with E-state index in [2.05, 4.69) is 0 Å². The number of halogens is 1. The van der Waals surface area contributed by atoms with Crippen LogP contribution in [-0.2, 0) is 17.6 Å². The highest BCUT2D eigenvalue weighted by molar-refractivity contribution is 5.96. The molecule has 136 valence electrons. The molecule has 0 fully saturated rings. The summed E-state index contributed by atoms with van der Waals surface area (Å²) in [6.07, 6.45) is 0.955. The van der Waals surface area contributed by atoms with Gasteiger partial charge in [-0.3, -0.25) is 9.59 Å². The highest BCUT2D eigenvalue weighted by Gasteiger charge is 2.36. The number of likely N-dealkylation sites (N-methyl/N-ethyl adjacent to an activating group) is 1. The van der Waals surface area contributed by atoms with E-state index in [-0.39, 0.29) is 18.3 Å². The summed E-state index contributed by atoms with van der Waals surface area (Å²) < 4.78 is 20.0. The van der Waals surface area contributed by atoms with Crippen LogP contribution in [0.3, 0.4) is 0 Å². The lowest BCUT2D eigenvalue weighted by atomic mass is 9.91. The molecule has 3 rings (SSSR count). The molecule has 1 aliphatic rings. The van der Waals surface area contributed by atoms with Crippen molar-refractivity contribution in [3.05, 3.63) is 65.0 Å². The summed E-state index contributed by atoms with van der Waals surface area (Å²) in [7, 11) is 1.45. The first-order chi connectivity index (χ1) is 12.3. The monoisotopic (exact) mass is 357 g/mol. The van der Waals surface area contributed by atoms with Gasteiger partial charge < -0.3 is 14.7 Å². The Balaban J connectivity index is 1.78. The highest BCUT2D eigenvalue weighted by Crippen LogP contribution is 2.37. The number of rotatable bonds is 5. The largest absolute Gasteiger partial charge is 0.487 e. The molecule has 1 aliphatic heterocycles. The fourth-order valence-electron chi connectivity index (χ4n) is 3.29. The number of carbonyl (C=O) groups excluding carboxylic acids is 1. The van der Waals surface area contributed by atoms with Gasteiger partial charge in [0.05, 0.1) is 0 Å². The van der Waals surface area contributed by atoms with E-state index in [9.17, 15) is 14.0 Å². The molecule has 26 heavy (non-hydrogen) atoms. The smallest absolute Gasteiger partial charge is 0.323 e. The Kier molecular flexibility index (Phi) is 4.68. The van der Waals surface area contributed by atoms with E-state index in [0.717, 1.165) is 10.5 Å². The number of benzene rings is 2. The molecule has 0 aromatic heterocycles. The minimum Gasteiger partial charge on any atom is -0.487 e. The summed E-state index contributed by atoms with van der Waals surface area (Å²) in [5.41, 5.74) is 1.25. The number of carboxylic acid groups (broad SMARTS) is 1. The van der Waals surface area contributed by atoms with Crippen molar-refractivity contribution in [3.63, 3.8) is 0 Å². The van der Waals surface area contributed by atoms with Crippen LogP contribution in [-0.4, -0.2) is 41.1 Å². The van der Waals surface area contributed by atoms with E-state index in [0.29, 0.717) is 29.7 Å². The minimum absolute atomic E-state index is 0.264. The Labute approximate surface area is 151 Å². The molecular formula is C20H20FNO4. The number of hydrogen-bond acceptors (Lipinski definition) is 3. The Bertz CT molecular complexity index is 867. The van der Waals surface area contributed by atoms with Crippen molar-refractivity contribution in [2.45, 2.75) is 25.4 Å². The number of aliphatic carboxylic acids is 1. The van der Waals surface area contributed by atoms with Gasteiger partial charge >= 0.3 is 5.97 Å². The predicted octanol–water partition coefficient (Wildman–Crippen LogP) is 2.92. The molecule has 1 N–H and O–H groups in total. The van der Waals surface area contributed by atoms with Gasteiger partial charge in [-0.15, -0.1) is 0 Å². The zero-order valence-corrected chi connectivity index (χ0v) is 14.7. The molecule has 0 spiro atoms. The summed E-state index contributed by atoms with van der Waals surface area (Å²) in [5.74, 6) is -1.03. The molecule has 0 saturated heterocycles. The highest BCUT2D eigenvalue weighted by atomic mass is 19.1. The lowest BCUT2D eigenvalue weighted by Gasteiger charge is -2.24. The average Bonchev–Trinajstić information content (AvgIpc) is 2.90. The maximum absolute atomic E-state index is 14.0. The first-order valence-electron chi connectivity index (χ1n) is 8.30. The van der Waals surface area contributed by atoms with Gasteiger partial charge in [-0.1, -0.05) is 18.2 Å². The maximum atomic E-state index is 14.0. The molecule has 1 heterocycles. The summed E-state index contributed by atoms with van der Waals surface area (Å²) in [6, 6.07) is 11.7. The molecule has 6 heteroatoms. The molecule has 0 aliphatic carbocycles. The number of hydrogen-bond donors (Lipinski definition) is 1. The van der Waals surface area contributed by atoms with Crippen LogP contribution in [0.4, 0.5) is 4.39 Å². The second-order valence-corrected chi connectivity index (χ2v) is 6.87. The number of carboxylic acids is 1. The molecule has 0 saturated carbocycles. The van der Waals surface area contributed by atoms with Crippen molar-refractivity contribution >= 4 is 11.9 Å². The van der Waals surface area contributed by atoms with Crippen molar-refractivity contribution in [1.29, 1.82) is 0 Å². The standard InChI is InChI=1S/C20H20FNO4/c1-20(10-14-5-3-4-6-16(14)21)11-15-9-13(7-8-17(15)26-20)19(25)22(2)12-18(23)24/h3-9H,10-12H2,1-2H3,(H,23,24). The van der Waals surface area contributed by atoms with Crippen LogP contribution in [0.25, 0.3) is 0 Å². The third-order valence-corrected chi connectivity index (χ3v) is 4.47. The van der Waals surface area contributed by atoms with Gasteiger partial charge in [0.15, 0.2) is 0 Å². The molecule has 2 aromatic carbocycles. The fraction of sp³-hybridized carbons (Fsp3) is 0.300. The van der Waals surface area contributed by atoms with Gasteiger partial charge in [-0.25, -0.2) is 4.39 Å². The van der Waals surface area contributed by atoms with Crippen LogP contribution in [0.2, 0.25) is 0 Å². The van der Waals surface area contributed by atoms with Crippen LogP contribution in [0.15, 0.2) is 42.5 Å². The van der Waals surface area contributed by atoms with Gasteiger partial charge in [0.1, 0.15) is 23.7 Å². The maximum Gasteiger partial charge on any atom is 0.323 e. The van der Waals surface area contributed by atoms with Crippen LogP contribution >= 0.6 is 0 Å². The number of carbonyl (C=O) groups is 2. The molecular weight excluding hydrogens is 337 g/mol. The van der Waals surface area contributed by atoms with Crippen LogP contribution in [0.1, 0.15) is 28.4 Å². The van der Waals surface area contributed by atoms with E-state index in [1.54, 1.807) is 36.4 Å². The van der Waals surface area contributed by atoms with Crippen LogP contribution < -0.4 is 4.74 Å². The summed E-state index contributed by atoms with van der Waals surface area (Å²) in [6.45, 7) is 1.55. The minimum atomic E-state index is -1.07. The molecule has 5 nitrogen and oxygen atoms in total. The molecule has 0 bridgehead atoms. The Morgan fingerprint density at radius 3 is 2.69 bits per heavy atom. The summed E-state index contributed by atoms with van der Waals surface area (Å²) >= 11 is 0. The number of fused-ring (bicyclic) bond motifs is 1. The van der Waals surface area contributed by atoms with E-state index in [1.807, 2.05) is 6.92 Å². The van der Waals surface area contributed by atoms with Gasteiger partial charge in [0.25, 0.3) is 5.91 Å². The topological polar surface area (TPSA) is 66.8 Å². The third kappa shape index (κ3) is 3.69. The van der Waals surface area contributed by atoms with Gasteiger partial charge in [-0.2, -0.15) is 0 Å². The van der Waals surface area contributed by atoms with Gasteiger partial charge in [-0.05, 0) is 42.3 Å². The lowest BCUT2D eigenvalue weighted by molar-refractivity contribution is -0.137. The fourth-order valence-corrected chi connectivity index (χ4v) is 3.29. The van der Waals surface area contributed by atoms with Crippen LogP contribution in [0.5, 0.6) is 5.75 Å². The molecule has 1 unspecified atom stereocenters. The summed E-state index contributed by atoms with van der Waals surface area (Å²) in [5, 5.41) is 8.82. The predicted molar refractivity (Wildman–Crippen MR) is 93.9 cm³/mol. The van der Waals surface area contributed by atoms with E-state index in [1.165, 1.54) is 13.1 Å².